The molecule has 0 radical (unpaired) electrons. The van der Waals surface area contributed by atoms with E-state index in [0.29, 0.717) is 0 Å². The van der Waals surface area contributed by atoms with Gasteiger partial charge >= 0.3 is 0 Å². The monoisotopic (exact) mass is 214 g/mol. The Hall–Kier alpha value is -1.61. The van der Waals surface area contributed by atoms with Crippen molar-refractivity contribution in [2.45, 2.75) is 25.4 Å². The number of aromatic nitrogens is 2. The van der Waals surface area contributed by atoms with Crippen LogP contribution in [0.15, 0.2) is 36.8 Å². The predicted octanol–water partition coefficient (Wildman–Crippen LogP) is 2.24. The molecule has 2 aromatic heterocycles. The molecule has 1 aliphatic carbocycles. The highest BCUT2D eigenvalue weighted by molar-refractivity contribution is 5.38. The molecular formula is C13H14N2O. The predicted molar refractivity (Wildman–Crippen MR) is 61.5 cm³/mol. The van der Waals surface area contributed by atoms with Gasteiger partial charge in [-0.2, -0.15) is 0 Å². The molecule has 16 heavy (non-hydrogen) atoms. The Labute approximate surface area is 94.4 Å². The molecule has 3 nitrogen and oxygen atoms in total. The lowest BCUT2D eigenvalue weighted by Gasteiger charge is -2.20. The van der Waals surface area contributed by atoms with Gasteiger partial charge in [0.05, 0.1) is 18.0 Å². The van der Waals surface area contributed by atoms with Crippen molar-refractivity contribution >= 4 is 0 Å². The highest BCUT2D eigenvalue weighted by atomic mass is 16.3. The molecule has 0 fully saturated rings. The summed E-state index contributed by atoms with van der Waals surface area (Å²) in [5.41, 5.74) is 3.37. The molecule has 3 heteroatoms. The first-order chi connectivity index (χ1) is 7.86. The third kappa shape index (κ3) is 1.44. The van der Waals surface area contributed by atoms with Gasteiger partial charge in [0, 0.05) is 23.7 Å². The number of rotatable bonds is 1. The smallest absolute Gasteiger partial charge is 0.0807 e. The second-order valence-corrected chi connectivity index (χ2v) is 4.21. The highest BCUT2D eigenvalue weighted by Gasteiger charge is 2.21. The van der Waals surface area contributed by atoms with Gasteiger partial charge in [0.15, 0.2) is 0 Å². The lowest BCUT2D eigenvalue weighted by Crippen LogP contribution is -2.10. The van der Waals surface area contributed by atoms with Crippen LogP contribution in [-0.4, -0.2) is 14.7 Å². The molecule has 1 N–H and O–H groups in total. The summed E-state index contributed by atoms with van der Waals surface area (Å²) >= 11 is 0. The fraction of sp³-hybridized carbons (Fsp3) is 0.308. The van der Waals surface area contributed by atoms with Crippen LogP contribution in [0.2, 0.25) is 0 Å². The van der Waals surface area contributed by atoms with Crippen molar-refractivity contribution < 1.29 is 5.11 Å². The molecule has 0 aliphatic heterocycles. The van der Waals surface area contributed by atoms with E-state index in [0.717, 1.165) is 30.5 Å². The summed E-state index contributed by atoms with van der Waals surface area (Å²) in [6.07, 6.45) is 8.32. The summed E-state index contributed by atoms with van der Waals surface area (Å²) in [5, 5.41) is 9.89. The van der Waals surface area contributed by atoms with E-state index in [2.05, 4.69) is 9.55 Å². The zero-order valence-corrected chi connectivity index (χ0v) is 9.00. The van der Waals surface area contributed by atoms with Crippen LogP contribution in [0.4, 0.5) is 0 Å². The standard InChI is InChI=1S/C13H14N2O/c16-13-5-1-4-12-11(13)6-8-15(12)10-3-2-7-14-9-10/h2-3,6-9,13,16H,1,4-5H2. The Bertz CT molecular complexity index is 490. The summed E-state index contributed by atoms with van der Waals surface area (Å²) in [4.78, 5) is 4.13. The number of hydrogen-bond acceptors (Lipinski definition) is 2. The molecule has 0 bridgehead atoms. The first kappa shape index (κ1) is 9.60. The van der Waals surface area contributed by atoms with Gasteiger partial charge in [0.2, 0.25) is 0 Å². The SMILES string of the molecule is OC1CCCc2c1ccn2-c1cccnc1. The van der Waals surface area contributed by atoms with Gasteiger partial charge in [0.25, 0.3) is 0 Å². The van der Waals surface area contributed by atoms with Gasteiger partial charge in [-0.05, 0) is 37.5 Å². The van der Waals surface area contributed by atoms with Crippen LogP contribution in [-0.2, 0) is 6.42 Å². The normalized spacial score (nSPS) is 19.4. The fourth-order valence-electron chi connectivity index (χ4n) is 2.40. The molecular weight excluding hydrogens is 200 g/mol. The summed E-state index contributed by atoms with van der Waals surface area (Å²) < 4.78 is 2.13. The molecule has 82 valence electrons. The second-order valence-electron chi connectivity index (χ2n) is 4.21. The molecule has 0 spiro atoms. The van der Waals surface area contributed by atoms with Gasteiger partial charge in [-0.15, -0.1) is 0 Å². The van der Waals surface area contributed by atoms with Crippen molar-refractivity contribution in [1.29, 1.82) is 0 Å². The van der Waals surface area contributed by atoms with Crippen LogP contribution >= 0.6 is 0 Å². The Kier molecular flexibility index (Phi) is 2.26. The summed E-state index contributed by atoms with van der Waals surface area (Å²) in [7, 11) is 0. The van der Waals surface area contributed by atoms with E-state index in [1.807, 2.05) is 30.6 Å². The van der Waals surface area contributed by atoms with Crippen LogP contribution in [0, 0.1) is 0 Å². The van der Waals surface area contributed by atoms with Crippen LogP contribution in [0.1, 0.15) is 30.2 Å². The second kappa shape index (κ2) is 3.76. The van der Waals surface area contributed by atoms with Crippen molar-refractivity contribution in [1.82, 2.24) is 9.55 Å². The van der Waals surface area contributed by atoms with E-state index in [1.54, 1.807) is 6.20 Å². The molecule has 2 heterocycles. The molecule has 0 aromatic carbocycles. The van der Waals surface area contributed by atoms with Crippen molar-refractivity contribution in [2.24, 2.45) is 0 Å². The molecule has 0 saturated heterocycles. The van der Waals surface area contributed by atoms with Crippen LogP contribution in [0.25, 0.3) is 5.69 Å². The minimum Gasteiger partial charge on any atom is -0.388 e. The van der Waals surface area contributed by atoms with Crippen molar-refractivity contribution in [3.05, 3.63) is 48.0 Å². The number of hydrogen-bond donors (Lipinski definition) is 1. The van der Waals surface area contributed by atoms with E-state index >= 15 is 0 Å². The first-order valence-electron chi connectivity index (χ1n) is 5.65. The minimum atomic E-state index is -0.290. The molecule has 3 rings (SSSR count). The summed E-state index contributed by atoms with van der Waals surface area (Å²) in [6, 6.07) is 5.99. The lowest BCUT2D eigenvalue weighted by atomic mass is 9.95. The van der Waals surface area contributed by atoms with Crippen LogP contribution in [0.5, 0.6) is 0 Å². The fourth-order valence-corrected chi connectivity index (χ4v) is 2.40. The van der Waals surface area contributed by atoms with Gasteiger partial charge in [-0.25, -0.2) is 0 Å². The third-order valence-corrected chi connectivity index (χ3v) is 3.20. The zero-order valence-electron chi connectivity index (χ0n) is 9.00. The van der Waals surface area contributed by atoms with Gasteiger partial charge in [0.1, 0.15) is 0 Å². The lowest BCUT2D eigenvalue weighted by molar-refractivity contribution is 0.156. The highest BCUT2D eigenvalue weighted by Crippen LogP contribution is 2.31. The van der Waals surface area contributed by atoms with E-state index in [4.69, 9.17) is 0 Å². The molecule has 1 atom stereocenters. The van der Waals surface area contributed by atoms with Crippen LogP contribution < -0.4 is 0 Å². The Morgan fingerprint density at radius 2 is 2.31 bits per heavy atom. The van der Waals surface area contributed by atoms with Crippen LogP contribution in [0.3, 0.4) is 0 Å². The summed E-state index contributed by atoms with van der Waals surface area (Å²) in [5.74, 6) is 0. The number of pyridine rings is 1. The molecule has 0 amide bonds. The molecule has 0 saturated carbocycles. The Morgan fingerprint density at radius 3 is 3.12 bits per heavy atom. The quantitative estimate of drug-likeness (QED) is 0.790. The maximum atomic E-state index is 9.89. The van der Waals surface area contributed by atoms with E-state index in [-0.39, 0.29) is 6.10 Å². The van der Waals surface area contributed by atoms with Crippen molar-refractivity contribution in [3.63, 3.8) is 0 Å². The van der Waals surface area contributed by atoms with Gasteiger partial charge < -0.3 is 9.67 Å². The van der Waals surface area contributed by atoms with E-state index < -0.39 is 0 Å². The Morgan fingerprint density at radius 1 is 1.38 bits per heavy atom. The van der Waals surface area contributed by atoms with Gasteiger partial charge in [-0.3, -0.25) is 4.98 Å². The first-order valence-corrected chi connectivity index (χ1v) is 5.65. The molecule has 1 aliphatic rings. The van der Waals surface area contributed by atoms with Crippen molar-refractivity contribution in [3.8, 4) is 5.69 Å². The third-order valence-electron chi connectivity index (χ3n) is 3.20. The maximum absolute atomic E-state index is 9.89. The maximum Gasteiger partial charge on any atom is 0.0807 e. The molecule has 1 unspecified atom stereocenters. The molecule has 2 aromatic rings. The van der Waals surface area contributed by atoms with E-state index in [1.165, 1.54) is 5.69 Å². The number of fused-ring (bicyclic) bond motifs is 1. The van der Waals surface area contributed by atoms with Crippen molar-refractivity contribution in [2.75, 3.05) is 0 Å². The number of nitrogens with zero attached hydrogens (tertiary/aromatic N) is 2. The average Bonchev–Trinajstić information content (AvgIpc) is 2.75. The van der Waals surface area contributed by atoms with E-state index in [9.17, 15) is 5.11 Å². The minimum absolute atomic E-state index is 0.290. The average molecular weight is 214 g/mol. The largest absolute Gasteiger partial charge is 0.388 e. The van der Waals surface area contributed by atoms with Gasteiger partial charge in [-0.1, -0.05) is 0 Å². The summed E-state index contributed by atoms with van der Waals surface area (Å²) in [6.45, 7) is 0. The zero-order chi connectivity index (χ0) is 11.0. The number of aliphatic hydroxyl groups excluding tert-OH is 1. The number of aliphatic hydroxyl groups is 1. The Balaban J connectivity index is 2.10. The topological polar surface area (TPSA) is 38.0 Å².